The van der Waals surface area contributed by atoms with Gasteiger partial charge >= 0.3 is 0 Å². The molecule has 2 rings (SSSR count). The van der Waals surface area contributed by atoms with Crippen molar-refractivity contribution in [2.45, 2.75) is 25.4 Å². The predicted octanol–water partition coefficient (Wildman–Crippen LogP) is 1.29. The zero-order valence-electron chi connectivity index (χ0n) is 11.9. The van der Waals surface area contributed by atoms with E-state index in [1.807, 2.05) is 25.1 Å². The van der Waals surface area contributed by atoms with Crippen LogP contribution in [0.2, 0.25) is 0 Å². The fraction of sp³-hybridized carbons (Fsp3) is 0.600. The van der Waals surface area contributed by atoms with Crippen molar-refractivity contribution in [2.24, 2.45) is 5.73 Å². The highest BCUT2D eigenvalue weighted by Gasteiger charge is 2.22. The third-order valence-corrected chi connectivity index (χ3v) is 3.47. The van der Waals surface area contributed by atoms with Crippen LogP contribution in [0.4, 0.5) is 0 Å². The second kappa shape index (κ2) is 7.47. The summed E-state index contributed by atoms with van der Waals surface area (Å²) in [6.07, 6.45) is 0.0542. The number of rotatable bonds is 7. The molecule has 2 unspecified atom stereocenters. The lowest BCUT2D eigenvalue weighted by atomic mass is 9.91. The average Bonchev–Trinajstić information content (AvgIpc) is 2.48. The molecule has 112 valence electrons. The molecule has 1 heterocycles. The molecular formula is C15H23NO4. The maximum absolute atomic E-state index is 10.3. The minimum absolute atomic E-state index is 0.119. The summed E-state index contributed by atoms with van der Waals surface area (Å²) in [5.74, 6) is 1.36. The quantitative estimate of drug-likeness (QED) is 0.737. The lowest BCUT2D eigenvalue weighted by molar-refractivity contribution is 0.0751. The van der Waals surface area contributed by atoms with E-state index in [2.05, 4.69) is 0 Å². The highest BCUT2D eigenvalue weighted by Crippen LogP contribution is 2.34. The number of hydrogen-bond donors (Lipinski definition) is 2. The Morgan fingerprint density at radius 2 is 2.05 bits per heavy atom. The first-order chi connectivity index (χ1) is 9.76. The van der Waals surface area contributed by atoms with Gasteiger partial charge in [-0.2, -0.15) is 0 Å². The zero-order valence-corrected chi connectivity index (χ0v) is 11.9. The van der Waals surface area contributed by atoms with Crippen LogP contribution in [0.3, 0.4) is 0 Å². The van der Waals surface area contributed by atoms with E-state index in [1.54, 1.807) is 0 Å². The van der Waals surface area contributed by atoms with Gasteiger partial charge < -0.3 is 25.1 Å². The summed E-state index contributed by atoms with van der Waals surface area (Å²) in [7, 11) is 0. The molecule has 1 aliphatic heterocycles. The summed E-state index contributed by atoms with van der Waals surface area (Å²) in [6.45, 7) is 4.64. The molecule has 0 fully saturated rings. The lowest BCUT2D eigenvalue weighted by Gasteiger charge is -2.24. The van der Waals surface area contributed by atoms with Gasteiger partial charge in [-0.3, -0.25) is 0 Å². The van der Waals surface area contributed by atoms with Gasteiger partial charge in [0.2, 0.25) is 0 Å². The number of ether oxygens (including phenoxy) is 3. The highest BCUT2D eigenvalue weighted by molar-refractivity contribution is 5.45. The smallest absolute Gasteiger partial charge is 0.161 e. The highest BCUT2D eigenvalue weighted by atomic mass is 16.6. The molecule has 20 heavy (non-hydrogen) atoms. The normalized spacial score (nSPS) is 16.8. The summed E-state index contributed by atoms with van der Waals surface area (Å²) >= 11 is 0. The van der Waals surface area contributed by atoms with Crippen molar-refractivity contribution in [1.29, 1.82) is 0 Å². The second-order valence-corrected chi connectivity index (χ2v) is 4.80. The van der Waals surface area contributed by atoms with Crippen LogP contribution in [0.5, 0.6) is 11.5 Å². The van der Waals surface area contributed by atoms with Crippen LogP contribution in [-0.2, 0) is 4.74 Å². The number of benzene rings is 1. The van der Waals surface area contributed by atoms with Crippen molar-refractivity contribution in [3.05, 3.63) is 23.8 Å². The van der Waals surface area contributed by atoms with Crippen LogP contribution in [0, 0.1) is 0 Å². The summed E-state index contributed by atoms with van der Waals surface area (Å²) in [6, 6.07) is 5.73. The largest absolute Gasteiger partial charge is 0.486 e. The number of aliphatic hydroxyl groups is 1. The molecule has 5 heteroatoms. The molecule has 0 radical (unpaired) electrons. The molecule has 0 spiro atoms. The van der Waals surface area contributed by atoms with Gasteiger partial charge in [-0.05, 0) is 31.0 Å². The lowest BCUT2D eigenvalue weighted by Crippen LogP contribution is -2.27. The summed E-state index contributed by atoms with van der Waals surface area (Å²) in [5, 5.41) is 10.3. The Labute approximate surface area is 119 Å². The van der Waals surface area contributed by atoms with Crippen molar-refractivity contribution in [2.75, 3.05) is 33.0 Å². The fourth-order valence-corrected chi connectivity index (χ4v) is 2.36. The number of hydrogen-bond acceptors (Lipinski definition) is 5. The Hall–Kier alpha value is -1.30. The standard InChI is InChI=1S/C15H23NO4/c1-2-18-6-5-13(17)12(10-16)11-3-4-14-15(9-11)20-8-7-19-14/h3-4,9,12-13,17H,2,5-8,10,16H2,1H3. The maximum Gasteiger partial charge on any atom is 0.161 e. The van der Waals surface area contributed by atoms with Crippen molar-refractivity contribution in [3.8, 4) is 11.5 Å². The Morgan fingerprint density at radius 1 is 1.30 bits per heavy atom. The van der Waals surface area contributed by atoms with Gasteiger partial charge in [-0.1, -0.05) is 6.07 Å². The number of fused-ring (bicyclic) bond motifs is 1. The zero-order chi connectivity index (χ0) is 14.4. The first-order valence-corrected chi connectivity index (χ1v) is 7.11. The van der Waals surface area contributed by atoms with E-state index in [1.165, 1.54) is 0 Å². The molecule has 3 N–H and O–H groups in total. The van der Waals surface area contributed by atoms with Crippen molar-refractivity contribution in [1.82, 2.24) is 0 Å². The average molecular weight is 281 g/mol. The Morgan fingerprint density at radius 3 is 2.75 bits per heavy atom. The van der Waals surface area contributed by atoms with E-state index >= 15 is 0 Å². The summed E-state index contributed by atoms with van der Waals surface area (Å²) < 4.78 is 16.3. The van der Waals surface area contributed by atoms with E-state index < -0.39 is 6.10 Å². The van der Waals surface area contributed by atoms with Crippen LogP contribution >= 0.6 is 0 Å². The van der Waals surface area contributed by atoms with Gasteiger partial charge in [-0.15, -0.1) is 0 Å². The van der Waals surface area contributed by atoms with E-state index in [0.717, 1.165) is 17.1 Å². The molecule has 1 aromatic carbocycles. The molecule has 0 amide bonds. The third kappa shape index (κ3) is 3.62. The Bertz CT molecular complexity index is 424. The molecule has 0 saturated heterocycles. The molecule has 0 bridgehead atoms. The molecule has 0 aromatic heterocycles. The second-order valence-electron chi connectivity index (χ2n) is 4.80. The molecule has 2 atom stereocenters. The molecule has 0 aliphatic carbocycles. The van der Waals surface area contributed by atoms with Crippen molar-refractivity contribution >= 4 is 0 Å². The molecular weight excluding hydrogens is 258 g/mol. The Kier molecular flexibility index (Phi) is 5.64. The van der Waals surface area contributed by atoms with Crippen LogP contribution in [0.25, 0.3) is 0 Å². The van der Waals surface area contributed by atoms with Gasteiger partial charge in [0.25, 0.3) is 0 Å². The van der Waals surface area contributed by atoms with Gasteiger partial charge in [0, 0.05) is 25.7 Å². The third-order valence-electron chi connectivity index (χ3n) is 3.47. The maximum atomic E-state index is 10.3. The van der Waals surface area contributed by atoms with Crippen molar-refractivity contribution in [3.63, 3.8) is 0 Å². The minimum Gasteiger partial charge on any atom is -0.486 e. The SMILES string of the molecule is CCOCCC(O)C(CN)c1ccc2c(c1)OCCO2. The number of nitrogens with two attached hydrogens (primary N) is 1. The predicted molar refractivity (Wildman–Crippen MR) is 76.3 cm³/mol. The van der Waals surface area contributed by atoms with E-state index in [0.29, 0.717) is 39.4 Å². The van der Waals surface area contributed by atoms with Gasteiger partial charge in [0.05, 0.1) is 6.10 Å². The van der Waals surface area contributed by atoms with Crippen molar-refractivity contribution < 1.29 is 19.3 Å². The molecule has 1 aromatic rings. The number of aliphatic hydroxyl groups excluding tert-OH is 1. The summed E-state index contributed by atoms with van der Waals surface area (Å²) in [5.41, 5.74) is 6.79. The van der Waals surface area contributed by atoms with Crippen LogP contribution < -0.4 is 15.2 Å². The van der Waals surface area contributed by atoms with Gasteiger partial charge in [-0.25, -0.2) is 0 Å². The van der Waals surface area contributed by atoms with Crippen LogP contribution in [-0.4, -0.2) is 44.2 Å². The molecule has 0 saturated carbocycles. The summed E-state index contributed by atoms with van der Waals surface area (Å²) in [4.78, 5) is 0. The first kappa shape index (κ1) is 15.1. The molecule has 1 aliphatic rings. The topological polar surface area (TPSA) is 73.9 Å². The monoisotopic (exact) mass is 281 g/mol. The van der Waals surface area contributed by atoms with Gasteiger partial charge in [0.15, 0.2) is 11.5 Å². The van der Waals surface area contributed by atoms with Gasteiger partial charge in [0.1, 0.15) is 13.2 Å². The van der Waals surface area contributed by atoms with E-state index in [9.17, 15) is 5.11 Å². The van der Waals surface area contributed by atoms with Crippen LogP contribution in [0.1, 0.15) is 24.8 Å². The van der Waals surface area contributed by atoms with E-state index in [4.69, 9.17) is 19.9 Å². The Balaban J connectivity index is 2.06. The fourth-order valence-electron chi connectivity index (χ4n) is 2.36. The van der Waals surface area contributed by atoms with E-state index in [-0.39, 0.29) is 5.92 Å². The minimum atomic E-state index is -0.519. The molecule has 5 nitrogen and oxygen atoms in total. The van der Waals surface area contributed by atoms with Crippen LogP contribution in [0.15, 0.2) is 18.2 Å². The first-order valence-electron chi connectivity index (χ1n) is 7.11.